The molecule has 5 nitrogen and oxygen atoms in total. The van der Waals surface area contributed by atoms with Gasteiger partial charge in [0.1, 0.15) is 0 Å². The van der Waals surface area contributed by atoms with Crippen LogP contribution in [0.1, 0.15) is 0 Å². The SMILES string of the molecule is [C-]#[N+]c1ccc2c(c1)c1cc(-n3c4ccccc4c4ccccc43)ccc1n2-c1cccc([N+]#[C-])c1-c1ccc(-n2c3ccccc3c3ccccc32)cc1. The van der Waals surface area contributed by atoms with Crippen LogP contribution in [-0.2, 0) is 0 Å². The molecule has 0 aliphatic heterocycles. The van der Waals surface area contributed by atoms with Crippen molar-refractivity contribution in [3.05, 3.63) is 199 Å². The van der Waals surface area contributed by atoms with Gasteiger partial charge in [0.15, 0.2) is 11.4 Å². The van der Waals surface area contributed by atoms with Gasteiger partial charge in [-0.05, 0) is 83.7 Å². The molecule has 11 rings (SSSR count). The van der Waals surface area contributed by atoms with Gasteiger partial charge in [-0.1, -0.05) is 103 Å². The van der Waals surface area contributed by atoms with E-state index in [0.717, 1.165) is 72.1 Å². The molecule has 8 aromatic carbocycles. The first-order valence-corrected chi connectivity index (χ1v) is 18.3. The van der Waals surface area contributed by atoms with E-state index in [2.05, 4.69) is 169 Å². The molecule has 0 spiro atoms. The number of aromatic nitrogens is 3. The van der Waals surface area contributed by atoms with Crippen molar-refractivity contribution in [3.8, 4) is 28.2 Å². The van der Waals surface area contributed by atoms with Gasteiger partial charge >= 0.3 is 0 Å². The van der Waals surface area contributed by atoms with Crippen molar-refractivity contribution >= 4 is 76.8 Å². The van der Waals surface area contributed by atoms with Crippen molar-refractivity contribution in [1.82, 2.24) is 13.7 Å². The van der Waals surface area contributed by atoms with Crippen molar-refractivity contribution in [2.45, 2.75) is 0 Å². The lowest BCUT2D eigenvalue weighted by Gasteiger charge is -2.17. The molecule has 0 saturated carbocycles. The van der Waals surface area contributed by atoms with Gasteiger partial charge in [0.25, 0.3) is 0 Å². The normalized spacial score (nSPS) is 11.6. The summed E-state index contributed by atoms with van der Waals surface area (Å²) in [4.78, 5) is 7.87. The predicted octanol–water partition coefficient (Wildman–Crippen LogP) is 13.7. The maximum Gasteiger partial charge on any atom is 0.196 e. The summed E-state index contributed by atoms with van der Waals surface area (Å²) in [6, 6.07) is 61.2. The summed E-state index contributed by atoms with van der Waals surface area (Å²) in [5.41, 5.74) is 12.6. The molecule has 0 atom stereocenters. The van der Waals surface area contributed by atoms with Crippen LogP contribution in [0.25, 0.3) is 103 Å². The highest BCUT2D eigenvalue weighted by atomic mass is 15.0. The zero-order valence-electron chi connectivity index (χ0n) is 29.5. The van der Waals surface area contributed by atoms with Crippen molar-refractivity contribution in [1.29, 1.82) is 0 Å². The van der Waals surface area contributed by atoms with E-state index in [0.29, 0.717) is 11.4 Å². The summed E-state index contributed by atoms with van der Waals surface area (Å²) in [6.45, 7) is 16.2. The van der Waals surface area contributed by atoms with Gasteiger partial charge in [-0.2, -0.15) is 0 Å². The van der Waals surface area contributed by atoms with E-state index in [1.54, 1.807) is 0 Å². The van der Waals surface area contributed by atoms with Gasteiger partial charge in [0, 0.05) is 49.6 Å². The van der Waals surface area contributed by atoms with Crippen molar-refractivity contribution in [3.63, 3.8) is 0 Å². The number of hydrogen-bond acceptors (Lipinski definition) is 0. The molecule has 0 saturated heterocycles. The Morgan fingerprint density at radius 1 is 0.345 bits per heavy atom. The summed E-state index contributed by atoms with van der Waals surface area (Å²) in [5.74, 6) is 0. The summed E-state index contributed by atoms with van der Waals surface area (Å²) >= 11 is 0. The summed E-state index contributed by atoms with van der Waals surface area (Å²) in [7, 11) is 0. The fraction of sp³-hybridized carbons (Fsp3) is 0. The molecule has 55 heavy (non-hydrogen) atoms. The molecule has 0 aliphatic carbocycles. The molecule has 0 N–H and O–H groups in total. The number of hydrogen-bond donors (Lipinski definition) is 0. The zero-order chi connectivity index (χ0) is 36.6. The minimum atomic E-state index is 0.580. The summed E-state index contributed by atoms with van der Waals surface area (Å²) < 4.78 is 6.90. The molecule has 0 fully saturated rings. The van der Waals surface area contributed by atoms with E-state index >= 15 is 0 Å². The predicted molar refractivity (Wildman–Crippen MR) is 227 cm³/mol. The second-order valence-corrected chi connectivity index (χ2v) is 13.9. The molecule has 0 aliphatic rings. The lowest BCUT2D eigenvalue weighted by atomic mass is 10.0. The smallest absolute Gasteiger partial charge is 0.196 e. The lowest BCUT2D eigenvalue weighted by Crippen LogP contribution is -1.99. The number of para-hydroxylation sites is 4. The van der Waals surface area contributed by atoms with Crippen LogP contribution in [-0.4, -0.2) is 13.7 Å². The highest BCUT2D eigenvalue weighted by Crippen LogP contribution is 2.43. The fourth-order valence-electron chi connectivity index (χ4n) is 8.75. The third-order valence-corrected chi connectivity index (χ3v) is 11.1. The first kappa shape index (κ1) is 30.7. The molecular formula is C50H29N5. The van der Waals surface area contributed by atoms with Gasteiger partial charge in [-0.3, -0.25) is 0 Å². The van der Waals surface area contributed by atoms with E-state index in [1.165, 1.54) is 21.5 Å². The van der Waals surface area contributed by atoms with Crippen LogP contribution in [0.2, 0.25) is 0 Å². The highest BCUT2D eigenvalue weighted by Gasteiger charge is 2.21. The minimum absolute atomic E-state index is 0.580. The van der Waals surface area contributed by atoms with E-state index < -0.39 is 0 Å². The number of benzene rings is 8. The lowest BCUT2D eigenvalue weighted by molar-refractivity contribution is 1.16. The Balaban J connectivity index is 1.13. The average Bonchev–Trinajstić information content (AvgIpc) is 3.88. The largest absolute Gasteiger partial charge is 0.310 e. The Hall–Kier alpha value is -7.86. The van der Waals surface area contributed by atoms with Crippen LogP contribution >= 0.6 is 0 Å². The number of nitrogens with zero attached hydrogens (tertiary/aromatic N) is 5. The second kappa shape index (κ2) is 11.8. The van der Waals surface area contributed by atoms with E-state index in [-0.39, 0.29) is 0 Å². The van der Waals surface area contributed by atoms with Gasteiger partial charge < -0.3 is 13.7 Å². The number of rotatable bonds is 4. The van der Waals surface area contributed by atoms with Crippen LogP contribution < -0.4 is 0 Å². The van der Waals surface area contributed by atoms with Crippen LogP contribution in [0.15, 0.2) is 176 Å². The second-order valence-electron chi connectivity index (χ2n) is 13.9. The molecule has 0 radical (unpaired) electrons. The molecule has 5 heteroatoms. The molecule has 0 unspecified atom stereocenters. The maximum atomic E-state index is 8.29. The maximum absolute atomic E-state index is 8.29. The molecule has 3 heterocycles. The van der Waals surface area contributed by atoms with Crippen LogP contribution in [0.4, 0.5) is 11.4 Å². The van der Waals surface area contributed by atoms with Gasteiger partial charge in [0.05, 0.1) is 46.2 Å². The quantitative estimate of drug-likeness (QED) is 0.163. The topological polar surface area (TPSA) is 23.5 Å². The average molecular weight is 700 g/mol. The Morgan fingerprint density at radius 2 is 0.818 bits per heavy atom. The first-order chi connectivity index (χ1) is 27.2. The molecular weight excluding hydrogens is 671 g/mol. The third kappa shape index (κ3) is 4.45. The van der Waals surface area contributed by atoms with Crippen molar-refractivity contribution in [2.75, 3.05) is 0 Å². The van der Waals surface area contributed by atoms with E-state index in [1.807, 2.05) is 30.3 Å². The molecule has 0 bridgehead atoms. The minimum Gasteiger partial charge on any atom is -0.310 e. The standard InChI is InChI=1S/C50H29N5/c1-51-33-24-28-47-40(30-33)41-31-35(54-45-19-9-5-14-38(45)39-15-6-10-20-46(39)54)27-29-48(41)55(47)49-21-11-16-42(52-2)50(49)32-22-25-34(26-23-32)53-43-17-7-3-12-36(43)37-13-4-8-18-44(37)53/h3-31H. The highest BCUT2D eigenvalue weighted by molar-refractivity contribution is 6.14. The van der Waals surface area contributed by atoms with Crippen molar-refractivity contribution in [2.24, 2.45) is 0 Å². The Kier molecular flexibility index (Phi) is 6.61. The van der Waals surface area contributed by atoms with Crippen LogP contribution in [0.3, 0.4) is 0 Å². The van der Waals surface area contributed by atoms with Crippen LogP contribution in [0, 0.1) is 13.1 Å². The first-order valence-electron chi connectivity index (χ1n) is 18.3. The van der Waals surface area contributed by atoms with Gasteiger partial charge in [0.2, 0.25) is 0 Å². The monoisotopic (exact) mass is 699 g/mol. The zero-order valence-corrected chi connectivity index (χ0v) is 29.5. The van der Waals surface area contributed by atoms with Gasteiger partial charge in [-0.25, -0.2) is 9.69 Å². The Labute approximate surface area is 316 Å². The Morgan fingerprint density at radius 3 is 1.36 bits per heavy atom. The van der Waals surface area contributed by atoms with Gasteiger partial charge in [-0.15, -0.1) is 0 Å². The van der Waals surface area contributed by atoms with Crippen molar-refractivity contribution < 1.29 is 0 Å². The number of fused-ring (bicyclic) bond motifs is 9. The third-order valence-electron chi connectivity index (χ3n) is 11.1. The summed E-state index contributed by atoms with van der Waals surface area (Å²) in [5, 5.41) is 6.89. The van der Waals surface area contributed by atoms with Crippen LogP contribution in [0.5, 0.6) is 0 Å². The molecule has 0 amide bonds. The summed E-state index contributed by atoms with van der Waals surface area (Å²) in [6.07, 6.45) is 0. The van der Waals surface area contributed by atoms with E-state index in [4.69, 9.17) is 13.1 Å². The molecule has 3 aromatic heterocycles. The Bertz CT molecular complexity index is 3350. The molecule has 11 aromatic rings. The molecule has 254 valence electrons. The van der Waals surface area contributed by atoms with E-state index in [9.17, 15) is 0 Å². The fourth-order valence-corrected chi connectivity index (χ4v) is 8.75.